The molecule has 0 radical (unpaired) electrons. The molecular formula is C18H28N4O3. The normalized spacial score (nSPS) is 17.5. The van der Waals surface area contributed by atoms with Crippen LogP contribution in [0.3, 0.4) is 0 Å². The van der Waals surface area contributed by atoms with Crippen molar-refractivity contribution in [1.82, 2.24) is 10.2 Å². The van der Waals surface area contributed by atoms with E-state index in [-0.39, 0.29) is 5.91 Å². The van der Waals surface area contributed by atoms with Gasteiger partial charge in [-0.1, -0.05) is 6.07 Å². The fraction of sp³-hybridized carbons (Fsp3) is 0.556. The average molecular weight is 348 g/mol. The van der Waals surface area contributed by atoms with Crippen LogP contribution in [0, 0.1) is 5.92 Å². The Bertz CT molecular complexity index is 591. The summed E-state index contributed by atoms with van der Waals surface area (Å²) < 4.78 is 11.0. The summed E-state index contributed by atoms with van der Waals surface area (Å²) in [6, 6.07) is 7.37. The third-order valence-corrected chi connectivity index (χ3v) is 4.01. The minimum absolute atomic E-state index is 0.0972. The van der Waals surface area contributed by atoms with E-state index >= 15 is 0 Å². The number of amides is 1. The van der Waals surface area contributed by atoms with Crippen molar-refractivity contribution >= 4 is 17.6 Å². The summed E-state index contributed by atoms with van der Waals surface area (Å²) >= 11 is 0. The van der Waals surface area contributed by atoms with Gasteiger partial charge in [0.2, 0.25) is 5.91 Å². The number of hydrogen-bond acceptors (Lipinski definition) is 4. The third-order valence-electron chi connectivity index (χ3n) is 4.01. The molecule has 0 aromatic heterocycles. The molecule has 1 saturated heterocycles. The fourth-order valence-corrected chi connectivity index (χ4v) is 2.93. The Hall–Kier alpha value is -2.28. The second kappa shape index (κ2) is 9.88. The fourth-order valence-electron chi connectivity index (χ4n) is 2.93. The predicted molar refractivity (Wildman–Crippen MR) is 99.2 cm³/mol. The Labute approximate surface area is 149 Å². The number of rotatable bonds is 7. The molecule has 1 aromatic rings. The van der Waals surface area contributed by atoms with Gasteiger partial charge in [0.25, 0.3) is 0 Å². The van der Waals surface area contributed by atoms with Gasteiger partial charge >= 0.3 is 0 Å². The number of benzene rings is 1. The van der Waals surface area contributed by atoms with Crippen LogP contribution in [-0.2, 0) is 9.53 Å². The van der Waals surface area contributed by atoms with Crippen molar-refractivity contribution in [3.05, 3.63) is 24.3 Å². The largest absolute Gasteiger partial charge is 0.492 e. The lowest BCUT2D eigenvalue weighted by Crippen LogP contribution is -2.41. The Morgan fingerprint density at radius 2 is 2.28 bits per heavy atom. The molecular weight excluding hydrogens is 320 g/mol. The molecule has 1 amide bonds. The topological polar surface area (TPSA) is 75.2 Å². The predicted octanol–water partition coefficient (Wildman–Crippen LogP) is 1.57. The molecule has 0 spiro atoms. The second-order valence-corrected chi connectivity index (χ2v) is 6.09. The van der Waals surface area contributed by atoms with Crippen LogP contribution in [-0.4, -0.2) is 63.8 Å². The number of methoxy groups -OCH3 is 1. The van der Waals surface area contributed by atoms with Crippen molar-refractivity contribution in [3.8, 4) is 5.75 Å². The zero-order valence-corrected chi connectivity index (χ0v) is 15.2. The van der Waals surface area contributed by atoms with Crippen LogP contribution in [0.15, 0.2) is 29.3 Å². The van der Waals surface area contributed by atoms with Crippen LogP contribution in [0.4, 0.5) is 5.69 Å². The Morgan fingerprint density at radius 1 is 1.44 bits per heavy atom. The molecule has 1 aliphatic heterocycles. The molecule has 7 nitrogen and oxygen atoms in total. The molecule has 2 rings (SSSR count). The highest BCUT2D eigenvalue weighted by Gasteiger charge is 2.24. The molecule has 138 valence electrons. The maximum absolute atomic E-state index is 11.1. The van der Waals surface area contributed by atoms with Crippen molar-refractivity contribution in [2.24, 2.45) is 10.9 Å². The van der Waals surface area contributed by atoms with Gasteiger partial charge in [-0.05, 0) is 18.6 Å². The number of anilines is 1. The van der Waals surface area contributed by atoms with Gasteiger partial charge in [-0.15, -0.1) is 0 Å². The zero-order valence-electron chi connectivity index (χ0n) is 15.2. The van der Waals surface area contributed by atoms with Crippen LogP contribution < -0.4 is 15.4 Å². The highest BCUT2D eigenvalue weighted by atomic mass is 16.5. The SMILES string of the molecule is CN=C(NCCOc1cccc(NC(C)=O)c1)N1CCC(COC)C1. The average Bonchev–Trinajstić information content (AvgIpc) is 3.03. The van der Waals surface area contributed by atoms with Crippen LogP contribution in [0.25, 0.3) is 0 Å². The smallest absolute Gasteiger partial charge is 0.221 e. The van der Waals surface area contributed by atoms with E-state index in [1.807, 2.05) is 24.3 Å². The van der Waals surface area contributed by atoms with Crippen molar-refractivity contribution in [1.29, 1.82) is 0 Å². The van der Waals surface area contributed by atoms with Gasteiger partial charge < -0.3 is 25.0 Å². The van der Waals surface area contributed by atoms with E-state index in [0.29, 0.717) is 19.1 Å². The molecule has 1 heterocycles. The number of carbonyl (C=O) groups excluding carboxylic acids is 1. The maximum atomic E-state index is 11.1. The van der Waals surface area contributed by atoms with E-state index in [1.54, 1.807) is 14.2 Å². The van der Waals surface area contributed by atoms with Gasteiger partial charge in [0.15, 0.2) is 5.96 Å². The molecule has 1 atom stereocenters. The highest BCUT2D eigenvalue weighted by molar-refractivity contribution is 5.88. The molecule has 1 aromatic carbocycles. The monoisotopic (exact) mass is 348 g/mol. The highest BCUT2D eigenvalue weighted by Crippen LogP contribution is 2.17. The Kier molecular flexibility index (Phi) is 7.53. The minimum Gasteiger partial charge on any atom is -0.492 e. The number of nitrogens with zero attached hydrogens (tertiary/aromatic N) is 2. The molecule has 25 heavy (non-hydrogen) atoms. The molecule has 7 heteroatoms. The van der Waals surface area contributed by atoms with Gasteiger partial charge in [-0.3, -0.25) is 9.79 Å². The van der Waals surface area contributed by atoms with Crippen molar-refractivity contribution in [2.75, 3.05) is 52.3 Å². The summed E-state index contributed by atoms with van der Waals surface area (Å²) in [7, 11) is 3.54. The van der Waals surface area contributed by atoms with E-state index < -0.39 is 0 Å². The van der Waals surface area contributed by atoms with Crippen molar-refractivity contribution in [2.45, 2.75) is 13.3 Å². The molecule has 0 saturated carbocycles. The molecule has 2 N–H and O–H groups in total. The summed E-state index contributed by atoms with van der Waals surface area (Å²) in [5, 5.41) is 6.08. The number of guanidine groups is 1. The van der Waals surface area contributed by atoms with Gasteiger partial charge in [0.05, 0.1) is 13.2 Å². The van der Waals surface area contributed by atoms with E-state index in [0.717, 1.165) is 43.5 Å². The number of hydrogen-bond donors (Lipinski definition) is 2. The van der Waals surface area contributed by atoms with Crippen LogP contribution >= 0.6 is 0 Å². The first-order chi connectivity index (χ1) is 12.1. The van der Waals surface area contributed by atoms with Gasteiger partial charge in [-0.25, -0.2) is 0 Å². The first-order valence-electron chi connectivity index (χ1n) is 8.57. The zero-order chi connectivity index (χ0) is 18.1. The summed E-state index contributed by atoms with van der Waals surface area (Å²) in [5.41, 5.74) is 0.732. The molecule has 0 bridgehead atoms. The summed E-state index contributed by atoms with van der Waals surface area (Å²) in [5.74, 6) is 2.09. The first kappa shape index (κ1) is 19.1. The molecule has 1 fully saturated rings. The second-order valence-electron chi connectivity index (χ2n) is 6.09. The summed E-state index contributed by atoms with van der Waals surface area (Å²) in [4.78, 5) is 17.7. The number of ether oxygens (including phenoxy) is 2. The minimum atomic E-state index is -0.0972. The standard InChI is InChI=1S/C18H28N4O3/c1-14(23)21-16-5-4-6-17(11-16)25-10-8-20-18(19-2)22-9-7-15(12-22)13-24-3/h4-6,11,15H,7-10,12-13H2,1-3H3,(H,19,20)(H,21,23). The molecule has 0 aliphatic carbocycles. The van der Waals surface area contributed by atoms with E-state index in [1.165, 1.54) is 6.92 Å². The number of likely N-dealkylation sites (tertiary alicyclic amines) is 1. The van der Waals surface area contributed by atoms with Crippen molar-refractivity contribution in [3.63, 3.8) is 0 Å². The number of nitrogens with one attached hydrogen (secondary N) is 2. The van der Waals surface area contributed by atoms with E-state index in [9.17, 15) is 4.79 Å². The number of aliphatic imine (C=N–C) groups is 1. The molecule has 1 aliphatic rings. The number of carbonyl (C=O) groups is 1. The molecule has 1 unspecified atom stereocenters. The Morgan fingerprint density at radius 3 is 3.00 bits per heavy atom. The van der Waals surface area contributed by atoms with Crippen LogP contribution in [0.2, 0.25) is 0 Å². The quantitative estimate of drug-likeness (QED) is 0.444. The van der Waals surface area contributed by atoms with Crippen LogP contribution in [0.1, 0.15) is 13.3 Å². The lowest BCUT2D eigenvalue weighted by atomic mass is 10.1. The van der Waals surface area contributed by atoms with Gasteiger partial charge in [0, 0.05) is 51.8 Å². The summed E-state index contributed by atoms with van der Waals surface area (Å²) in [6.07, 6.45) is 1.13. The summed E-state index contributed by atoms with van der Waals surface area (Å²) in [6.45, 7) is 5.40. The lowest BCUT2D eigenvalue weighted by molar-refractivity contribution is -0.114. The van der Waals surface area contributed by atoms with Crippen molar-refractivity contribution < 1.29 is 14.3 Å². The third kappa shape index (κ3) is 6.26. The maximum Gasteiger partial charge on any atom is 0.221 e. The Balaban J connectivity index is 1.74. The van der Waals surface area contributed by atoms with Gasteiger partial charge in [0.1, 0.15) is 12.4 Å². The van der Waals surface area contributed by atoms with Gasteiger partial charge in [-0.2, -0.15) is 0 Å². The lowest BCUT2D eigenvalue weighted by Gasteiger charge is -2.21. The van der Waals surface area contributed by atoms with Crippen LogP contribution in [0.5, 0.6) is 5.75 Å². The first-order valence-corrected chi connectivity index (χ1v) is 8.57. The van der Waals surface area contributed by atoms with E-state index in [4.69, 9.17) is 9.47 Å². The van der Waals surface area contributed by atoms with E-state index in [2.05, 4.69) is 20.5 Å².